The van der Waals surface area contributed by atoms with Gasteiger partial charge in [-0.15, -0.1) is 0 Å². The van der Waals surface area contributed by atoms with Crippen molar-refractivity contribution in [2.45, 2.75) is 25.3 Å². The third-order valence-corrected chi connectivity index (χ3v) is 2.30. The number of aromatic nitrogens is 1. The Balaban J connectivity index is 3.06. The van der Waals surface area contributed by atoms with Crippen LogP contribution in [0.4, 0.5) is 13.2 Å². The first-order valence-corrected chi connectivity index (χ1v) is 5.33. The lowest BCUT2D eigenvalue weighted by Crippen LogP contribution is -2.31. The fraction of sp³-hybridized carbons (Fsp3) is 0.455. The highest BCUT2D eigenvalue weighted by atomic mass is 19.4. The lowest BCUT2D eigenvalue weighted by atomic mass is 10.0. The fourth-order valence-corrected chi connectivity index (χ4v) is 1.43. The number of ether oxygens (including phenoxy) is 1. The molecule has 0 aromatic carbocycles. The minimum atomic E-state index is -4.73. The van der Waals surface area contributed by atoms with Gasteiger partial charge in [-0.1, -0.05) is 0 Å². The first-order valence-electron chi connectivity index (χ1n) is 5.33. The summed E-state index contributed by atoms with van der Waals surface area (Å²) in [5, 5.41) is 19.1. The second-order valence-corrected chi connectivity index (χ2v) is 3.60. The third kappa shape index (κ3) is 3.65. The summed E-state index contributed by atoms with van der Waals surface area (Å²) in [4.78, 5) is 14.6. The maximum Gasteiger partial charge on any atom is 0.416 e. The lowest BCUT2D eigenvalue weighted by Gasteiger charge is -2.20. The van der Waals surface area contributed by atoms with E-state index in [9.17, 15) is 28.2 Å². The third-order valence-electron chi connectivity index (χ3n) is 2.30. The van der Waals surface area contributed by atoms with E-state index in [1.807, 2.05) is 0 Å². The Labute approximate surface area is 106 Å². The van der Waals surface area contributed by atoms with Crippen LogP contribution in [0.3, 0.4) is 0 Å². The smallest absolute Gasteiger partial charge is 0.416 e. The molecule has 0 spiro atoms. The maximum absolute atomic E-state index is 12.7. The maximum atomic E-state index is 12.7. The van der Waals surface area contributed by atoms with Crippen LogP contribution in [0.2, 0.25) is 0 Å². The van der Waals surface area contributed by atoms with E-state index >= 15 is 0 Å². The first kappa shape index (κ1) is 15.4. The Hall–Kier alpha value is -1.67. The number of aliphatic hydroxyl groups excluding tert-OH is 2. The van der Waals surface area contributed by atoms with Crippen molar-refractivity contribution >= 4 is 5.97 Å². The summed E-state index contributed by atoms with van der Waals surface area (Å²) < 4.78 is 42.5. The van der Waals surface area contributed by atoms with Crippen LogP contribution >= 0.6 is 0 Å². The predicted molar refractivity (Wildman–Crippen MR) is 56.8 cm³/mol. The van der Waals surface area contributed by atoms with E-state index in [-0.39, 0.29) is 6.61 Å². The normalized spacial score (nSPS) is 14.8. The lowest BCUT2D eigenvalue weighted by molar-refractivity contribution is -0.161. The molecule has 0 saturated carbocycles. The number of halogens is 3. The van der Waals surface area contributed by atoms with Crippen LogP contribution in [-0.4, -0.2) is 33.9 Å². The summed E-state index contributed by atoms with van der Waals surface area (Å²) in [6, 6.07) is 0.649. The Morgan fingerprint density at radius 3 is 2.63 bits per heavy atom. The molecule has 0 aliphatic rings. The average molecular weight is 279 g/mol. The van der Waals surface area contributed by atoms with Crippen LogP contribution < -0.4 is 0 Å². The molecule has 5 nitrogen and oxygen atoms in total. The molecule has 2 N–H and O–H groups in total. The van der Waals surface area contributed by atoms with Gasteiger partial charge in [0.25, 0.3) is 0 Å². The van der Waals surface area contributed by atoms with E-state index in [1.54, 1.807) is 0 Å². The minimum absolute atomic E-state index is 0.0677. The molecule has 2 atom stereocenters. The van der Waals surface area contributed by atoms with E-state index < -0.39 is 35.5 Å². The van der Waals surface area contributed by atoms with Gasteiger partial charge in [0, 0.05) is 18.0 Å². The van der Waals surface area contributed by atoms with Crippen LogP contribution in [0, 0.1) is 0 Å². The Kier molecular flexibility index (Phi) is 4.84. The molecule has 0 aliphatic carbocycles. The number of nitrogens with zero attached hydrogens (tertiary/aromatic N) is 1. The fourth-order valence-electron chi connectivity index (χ4n) is 1.43. The molecule has 0 saturated heterocycles. The summed E-state index contributed by atoms with van der Waals surface area (Å²) in [5.41, 5.74) is -1.85. The Bertz CT molecular complexity index is 450. The van der Waals surface area contributed by atoms with Crippen molar-refractivity contribution in [2.75, 3.05) is 6.61 Å². The zero-order valence-corrected chi connectivity index (χ0v) is 9.89. The molecule has 0 amide bonds. The van der Waals surface area contributed by atoms with Crippen LogP contribution in [0.1, 0.15) is 24.2 Å². The number of pyridine rings is 1. The largest absolute Gasteiger partial charge is 0.464 e. The number of aliphatic hydroxyl groups is 2. The van der Waals surface area contributed by atoms with Crippen LogP contribution in [0.25, 0.3) is 0 Å². The van der Waals surface area contributed by atoms with Gasteiger partial charge >= 0.3 is 12.1 Å². The molecule has 106 valence electrons. The molecule has 0 bridgehead atoms. The summed E-state index contributed by atoms with van der Waals surface area (Å²) >= 11 is 0. The number of carbonyl (C=O) groups is 1. The molecule has 2 unspecified atom stereocenters. The second-order valence-electron chi connectivity index (χ2n) is 3.60. The van der Waals surface area contributed by atoms with E-state index in [1.165, 1.54) is 6.92 Å². The average Bonchev–Trinajstić information content (AvgIpc) is 2.36. The molecule has 1 aromatic heterocycles. The van der Waals surface area contributed by atoms with Crippen LogP contribution in [-0.2, 0) is 15.7 Å². The highest BCUT2D eigenvalue weighted by Crippen LogP contribution is 2.34. The summed E-state index contributed by atoms with van der Waals surface area (Å²) in [6.45, 7) is 1.39. The number of hydrogen-bond acceptors (Lipinski definition) is 5. The van der Waals surface area contributed by atoms with Crippen molar-refractivity contribution in [1.82, 2.24) is 4.98 Å². The molecule has 0 aliphatic heterocycles. The standard InChI is InChI=1S/C11H12F3NO4/c1-2-19-10(18)9(17)8(16)6-5-15-4-3-7(6)11(12,13)14/h3-5,8-9,16-17H,2H2,1H3. The number of rotatable bonds is 4. The molecular formula is C11H12F3NO4. The van der Waals surface area contributed by atoms with Gasteiger partial charge in [0.1, 0.15) is 6.10 Å². The van der Waals surface area contributed by atoms with Gasteiger partial charge in [0.15, 0.2) is 6.10 Å². The molecular weight excluding hydrogens is 267 g/mol. The molecule has 0 radical (unpaired) electrons. The van der Waals surface area contributed by atoms with Gasteiger partial charge in [-0.2, -0.15) is 13.2 Å². The second kappa shape index (κ2) is 5.98. The van der Waals surface area contributed by atoms with Crippen molar-refractivity contribution in [3.8, 4) is 0 Å². The van der Waals surface area contributed by atoms with Crippen molar-refractivity contribution in [1.29, 1.82) is 0 Å². The van der Waals surface area contributed by atoms with Crippen molar-refractivity contribution in [3.05, 3.63) is 29.6 Å². The monoisotopic (exact) mass is 279 g/mol. The van der Waals surface area contributed by atoms with E-state index in [2.05, 4.69) is 9.72 Å². The van der Waals surface area contributed by atoms with Crippen LogP contribution in [0.15, 0.2) is 18.5 Å². The quantitative estimate of drug-likeness (QED) is 0.806. The van der Waals surface area contributed by atoms with Gasteiger partial charge in [-0.25, -0.2) is 4.79 Å². The Morgan fingerprint density at radius 2 is 2.11 bits per heavy atom. The molecule has 1 heterocycles. The predicted octanol–water partition coefficient (Wildman–Crippen LogP) is 1.06. The van der Waals surface area contributed by atoms with Gasteiger partial charge in [0.05, 0.1) is 12.2 Å². The summed E-state index contributed by atoms with van der Waals surface area (Å²) in [7, 11) is 0. The summed E-state index contributed by atoms with van der Waals surface area (Å²) in [6.07, 6.45) is -7.26. The zero-order chi connectivity index (χ0) is 14.6. The molecule has 0 fully saturated rings. The van der Waals surface area contributed by atoms with Gasteiger partial charge in [0.2, 0.25) is 0 Å². The SMILES string of the molecule is CCOC(=O)C(O)C(O)c1cnccc1C(F)(F)F. The van der Waals surface area contributed by atoms with E-state index in [0.29, 0.717) is 6.07 Å². The highest BCUT2D eigenvalue weighted by molar-refractivity contribution is 5.75. The van der Waals surface area contributed by atoms with Crippen molar-refractivity contribution < 1.29 is 32.9 Å². The first-order chi connectivity index (χ1) is 8.79. The molecule has 8 heteroatoms. The number of hydrogen-bond donors (Lipinski definition) is 2. The zero-order valence-electron chi connectivity index (χ0n) is 9.89. The van der Waals surface area contributed by atoms with Gasteiger partial charge in [-0.3, -0.25) is 4.98 Å². The van der Waals surface area contributed by atoms with E-state index in [0.717, 1.165) is 12.4 Å². The highest BCUT2D eigenvalue weighted by Gasteiger charge is 2.38. The van der Waals surface area contributed by atoms with Crippen molar-refractivity contribution in [3.63, 3.8) is 0 Å². The number of esters is 1. The molecule has 19 heavy (non-hydrogen) atoms. The molecule has 1 rings (SSSR count). The van der Waals surface area contributed by atoms with Gasteiger partial charge in [-0.05, 0) is 13.0 Å². The minimum Gasteiger partial charge on any atom is -0.464 e. The van der Waals surface area contributed by atoms with Crippen LogP contribution in [0.5, 0.6) is 0 Å². The molecule has 1 aromatic rings. The van der Waals surface area contributed by atoms with Crippen molar-refractivity contribution in [2.24, 2.45) is 0 Å². The van der Waals surface area contributed by atoms with E-state index in [4.69, 9.17) is 0 Å². The number of carbonyl (C=O) groups excluding carboxylic acids is 1. The topological polar surface area (TPSA) is 79.7 Å². The summed E-state index contributed by atoms with van der Waals surface area (Å²) in [5.74, 6) is -1.20. The number of alkyl halides is 3. The van der Waals surface area contributed by atoms with Gasteiger partial charge < -0.3 is 14.9 Å². The Morgan fingerprint density at radius 1 is 1.47 bits per heavy atom.